The minimum Gasteiger partial charge on any atom is -0.214 e. The zero-order valence-corrected chi connectivity index (χ0v) is 13.2. The summed E-state index contributed by atoms with van der Waals surface area (Å²) in [5, 5.41) is 0.699. The fraction of sp³-hybridized carbons (Fsp3) is 1.00. The molecule has 0 radical (unpaired) electrons. The van der Waals surface area contributed by atoms with E-state index >= 15 is 0 Å². The van der Waals surface area contributed by atoms with Crippen LogP contribution in [0.5, 0.6) is 0 Å². The molecule has 0 bridgehead atoms. The lowest BCUT2D eigenvalue weighted by atomic mass is 9.85. The zero-order valence-electron chi connectivity index (χ0n) is 10.8. The van der Waals surface area contributed by atoms with E-state index in [0.717, 1.165) is 43.9 Å². The van der Waals surface area contributed by atoms with Gasteiger partial charge >= 0.3 is 0 Å². The molecule has 1 aliphatic carbocycles. The highest BCUT2D eigenvalue weighted by Gasteiger charge is 2.32. The van der Waals surface area contributed by atoms with Crippen LogP contribution in [0.4, 0.5) is 0 Å². The predicted molar refractivity (Wildman–Crippen MR) is 76.0 cm³/mol. The molecule has 0 spiro atoms. The van der Waals surface area contributed by atoms with Crippen molar-refractivity contribution in [2.24, 2.45) is 5.41 Å². The highest BCUT2D eigenvalue weighted by Crippen LogP contribution is 2.29. The Morgan fingerprint density at radius 3 is 2.18 bits per heavy atom. The highest BCUT2D eigenvalue weighted by molar-refractivity contribution is 9.09. The number of sulfonamides is 1. The van der Waals surface area contributed by atoms with Gasteiger partial charge in [0.05, 0.1) is 5.25 Å². The van der Waals surface area contributed by atoms with Crippen molar-refractivity contribution >= 4 is 26.0 Å². The van der Waals surface area contributed by atoms with E-state index in [2.05, 4.69) is 34.5 Å². The third-order valence-electron chi connectivity index (χ3n) is 4.17. The molecule has 0 unspecified atom stereocenters. The van der Waals surface area contributed by atoms with Gasteiger partial charge in [0.25, 0.3) is 0 Å². The fourth-order valence-corrected chi connectivity index (χ4v) is 4.99. The molecule has 1 saturated carbocycles. The Bertz CT molecular complexity index is 311. The smallest absolute Gasteiger partial charge is 0.214 e. The molecule has 0 amide bonds. The third-order valence-corrected chi connectivity index (χ3v) is 7.26. The first-order chi connectivity index (χ1) is 7.99. The summed E-state index contributed by atoms with van der Waals surface area (Å²) in [4.78, 5) is 0. The van der Waals surface area contributed by atoms with Crippen LogP contribution in [-0.4, -0.2) is 25.5 Å². The number of nitrogens with one attached hydrogen (secondary N) is 1. The average molecular weight is 326 g/mol. The van der Waals surface area contributed by atoms with Crippen LogP contribution < -0.4 is 4.72 Å². The monoisotopic (exact) mass is 325 g/mol. The van der Waals surface area contributed by atoms with Crippen molar-refractivity contribution in [3.8, 4) is 0 Å². The van der Waals surface area contributed by atoms with Crippen LogP contribution in [0, 0.1) is 5.41 Å². The fourth-order valence-electron chi connectivity index (χ4n) is 2.31. The lowest BCUT2D eigenvalue weighted by Crippen LogP contribution is -2.41. The normalized spacial score (nSPS) is 18.8. The van der Waals surface area contributed by atoms with Gasteiger partial charge < -0.3 is 0 Å². The van der Waals surface area contributed by atoms with Gasteiger partial charge in [0.1, 0.15) is 0 Å². The number of hydrogen-bond acceptors (Lipinski definition) is 2. The maximum Gasteiger partial charge on any atom is 0.214 e. The van der Waals surface area contributed by atoms with Gasteiger partial charge in [-0.2, -0.15) is 0 Å². The molecular formula is C12H24BrNO2S. The van der Waals surface area contributed by atoms with Gasteiger partial charge in [-0.15, -0.1) is 0 Å². The van der Waals surface area contributed by atoms with Crippen molar-refractivity contribution < 1.29 is 8.42 Å². The van der Waals surface area contributed by atoms with Gasteiger partial charge in [0.15, 0.2) is 0 Å². The predicted octanol–water partition coefficient (Wildman–Crippen LogP) is 3.05. The van der Waals surface area contributed by atoms with E-state index in [0.29, 0.717) is 6.54 Å². The Morgan fingerprint density at radius 1 is 1.24 bits per heavy atom. The second-order valence-corrected chi connectivity index (χ2v) is 7.72. The average Bonchev–Trinajstić information content (AvgIpc) is 2.86. The first-order valence-corrected chi connectivity index (χ1v) is 9.21. The van der Waals surface area contributed by atoms with E-state index in [4.69, 9.17) is 0 Å². The molecular weight excluding hydrogens is 302 g/mol. The Morgan fingerprint density at radius 2 is 1.76 bits per heavy atom. The molecule has 0 aromatic heterocycles. The molecule has 0 heterocycles. The molecule has 17 heavy (non-hydrogen) atoms. The molecule has 1 rings (SSSR count). The van der Waals surface area contributed by atoms with E-state index in [1.54, 1.807) is 0 Å². The van der Waals surface area contributed by atoms with Gasteiger partial charge in [0.2, 0.25) is 10.0 Å². The quantitative estimate of drug-likeness (QED) is 0.731. The highest BCUT2D eigenvalue weighted by atomic mass is 79.9. The van der Waals surface area contributed by atoms with Crippen molar-refractivity contribution in [1.82, 2.24) is 4.72 Å². The molecule has 1 fully saturated rings. The van der Waals surface area contributed by atoms with Crippen LogP contribution in [-0.2, 0) is 10.0 Å². The SMILES string of the molecule is CCC(CC)(CBr)CNS(=O)(=O)C1CCCC1. The molecule has 1 aliphatic rings. The van der Waals surface area contributed by atoms with Gasteiger partial charge in [-0.25, -0.2) is 13.1 Å². The van der Waals surface area contributed by atoms with Gasteiger partial charge in [0, 0.05) is 11.9 Å². The minimum absolute atomic E-state index is 0.0612. The summed E-state index contributed by atoms with van der Waals surface area (Å²) in [5.74, 6) is 0. The first kappa shape index (κ1) is 15.4. The van der Waals surface area contributed by atoms with Crippen molar-refractivity contribution in [3.05, 3.63) is 0 Å². The van der Waals surface area contributed by atoms with E-state index < -0.39 is 10.0 Å². The van der Waals surface area contributed by atoms with E-state index in [9.17, 15) is 8.42 Å². The van der Waals surface area contributed by atoms with Crippen LogP contribution in [0.3, 0.4) is 0 Å². The Balaban J connectivity index is 2.59. The maximum absolute atomic E-state index is 12.1. The lowest BCUT2D eigenvalue weighted by molar-refractivity contribution is 0.309. The van der Waals surface area contributed by atoms with Crippen molar-refractivity contribution in [2.45, 2.75) is 57.6 Å². The third kappa shape index (κ3) is 3.93. The molecule has 0 aromatic rings. The molecule has 5 heteroatoms. The molecule has 0 aromatic carbocycles. The van der Waals surface area contributed by atoms with Gasteiger partial charge in [-0.1, -0.05) is 42.6 Å². The lowest BCUT2D eigenvalue weighted by Gasteiger charge is -2.30. The van der Waals surface area contributed by atoms with E-state index in [1.807, 2.05) is 0 Å². The van der Waals surface area contributed by atoms with Crippen LogP contribution in [0.25, 0.3) is 0 Å². The Hall–Kier alpha value is 0.390. The topological polar surface area (TPSA) is 46.2 Å². The number of alkyl halides is 1. The van der Waals surface area contributed by atoms with Crippen LogP contribution >= 0.6 is 15.9 Å². The van der Waals surface area contributed by atoms with Gasteiger partial charge in [-0.3, -0.25) is 0 Å². The summed E-state index contributed by atoms with van der Waals surface area (Å²) in [5.41, 5.74) is 0.0612. The van der Waals surface area contributed by atoms with Crippen molar-refractivity contribution in [3.63, 3.8) is 0 Å². The second kappa shape index (κ2) is 6.53. The molecule has 3 nitrogen and oxygen atoms in total. The van der Waals surface area contributed by atoms with Crippen molar-refractivity contribution in [1.29, 1.82) is 0 Å². The van der Waals surface area contributed by atoms with Crippen LogP contribution in [0.1, 0.15) is 52.4 Å². The number of halogens is 1. The summed E-state index contributed by atoms with van der Waals surface area (Å²) in [6, 6.07) is 0. The Kier molecular flexibility index (Phi) is 5.93. The first-order valence-electron chi connectivity index (χ1n) is 6.54. The maximum atomic E-state index is 12.1. The molecule has 0 aliphatic heterocycles. The molecule has 102 valence electrons. The summed E-state index contributed by atoms with van der Waals surface area (Å²) in [7, 11) is -3.09. The summed E-state index contributed by atoms with van der Waals surface area (Å²) >= 11 is 3.51. The largest absolute Gasteiger partial charge is 0.214 e. The zero-order chi connectivity index (χ0) is 12.9. The summed E-state index contributed by atoms with van der Waals surface area (Å²) in [6.07, 6.45) is 5.74. The summed E-state index contributed by atoms with van der Waals surface area (Å²) < 4.78 is 27.0. The molecule has 1 N–H and O–H groups in total. The van der Waals surface area contributed by atoms with Crippen LogP contribution in [0.15, 0.2) is 0 Å². The molecule has 0 saturated heterocycles. The van der Waals surface area contributed by atoms with Crippen molar-refractivity contribution in [2.75, 3.05) is 11.9 Å². The van der Waals surface area contributed by atoms with E-state index in [-0.39, 0.29) is 10.7 Å². The number of rotatable bonds is 7. The molecule has 0 atom stereocenters. The minimum atomic E-state index is -3.09. The standard InChI is InChI=1S/C12H24BrNO2S/c1-3-12(4-2,9-13)10-14-17(15,16)11-7-5-6-8-11/h11,14H,3-10H2,1-2H3. The van der Waals surface area contributed by atoms with Crippen LogP contribution in [0.2, 0.25) is 0 Å². The van der Waals surface area contributed by atoms with Gasteiger partial charge in [-0.05, 0) is 31.1 Å². The number of hydrogen-bond donors (Lipinski definition) is 1. The Labute approximate surface area is 114 Å². The summed E-state index contributed by atoms with van der Waals surface area (Å²) in [6.45, 7) is 4.80. The second-order valence-electron chi connectivity index (χ2n) is 5.11. The van der Waals surface area contributed by atoms with E-state index in [1.165, 1.54) is 0 Å².